The number of carboxylic acids is 1. The van der Waals surface area contributed by atoms with Crippen LogP contribution in [0.4, 0.5) is 0 Å². The third kappa shape index (κ3) is 5.18. The molecule has 1 aromatic rings. The van der Waals surface area contributed by atoms with Gasteiger partial charge in [-0.1, -0.05) is 30.7 Å². The van der Waals surface area contributed by atoms with E-state index in [0.717, 1.165) is 0 Å². The van der Waals surface area contributed by atoms with Crippen molar-refractivity contribution in [3.8, 4) is 5.75 Å². The molecular weight excluding hydrogens is 270 g/mol. The Labute approximate surface area is 116 Å². The number of hydrogen-bond acceptors (Lipinski definition) is 3. The number of amides is 1. The van der Waals surface area contributed by atoms with E-state index in [1.54, 1.807) is 31.2 Å². The number of benzene rings is 1. The Morgan fingerprint density at radius 2 is 2.11 bits per heavy atom. The largest absolute Gasteiger partial charge is 0.491 e. The lowest BCUT2D eigenvalue weighted by atomic mass is 10.2. The second kappa shape index (κ2) is 7.63. The normalized spacial score (nSPS) is 11.7. The summed E-state index contributed by atoms with van der Waals surface area (Å²) >= 11 is 5.88. The third-order valence-electron chi connectivity index (χ3n) is 2.46. The van der Waals surface area contributed by atoms with Crippen LogP contribution in [0.2, 0.25) is 5.02 Å². The standard InChI is InChI=1S/C13H16ClNO4/c1-2-10(13(17)18)15-12(16)7-8-19-11-6-4-3-5-9(11)14/h3-6,10H,2,7-8H2,1H3,(H,15,16)(H,17,18)/t10-/m1/s1. The first-order chi connectivity index (χ1) is 9.04. The van der Waals surface area contributed by atoms with Crippen LogP contribution in [0.5, 0.6) is 5.75 Å². The number of para-hydroxylation sites is 1. The lowest BCUT2D eigenvalue weighted by Crippen LogP contribution is -2.40. The molecular formula is C13H16ClNO4. The van der Waals surface area contributed by atoms with E-state index in [-0.39, 0.29) is 18.9 Å². The molecule has 2 N–H and O–H groups in total. The average molecular weight is 286 g/mol. The molecule has 19 heavy (non-hydrogen) atoms. The SMILES string of the molecule is CC[C@@H](NC(=O)CCOc1ccccc1Cl)C(=O)O. The zero-order valence-corrected chi connectivity index (χ0v) is 11.3. The number of nitrogens with one attached hydrogen (secondary N) is 1. The second-order valence-corrected chi connectivity index (χ2v) is 4.30. The molecule has 0 aliphatic rings. The van der Waals surface area contributed by atoms with Crippen LogP contribution in [-0.2, 0) is 9.59 Å². The lowest BCUT2D eigenvalue weighted by molar-refractivity contribution is -0.142. The van der Waals surface area contributed by atoms with Crippen molar-refractivity contribution < 1.29 is 19.4 Å². The van der Waals surface area contributed by atoms with Crippen molar-refractivity contribution in [3.63, 3.8) is 0 Å². The summed E-state index contributed by atoms with van der Waals surface area (Å²) in [5.74, 6) is -0.897. The number of halogens is 1. The molecule has 0 unspecified atom stereocenters. The minimum atomic E-state index is -1.04. The number of rotatable bonds is 7. The highest BCUT2D eigenvalue weighted by Gasteiger charge is 2.17. The van der Waals surface area contributed by atoms with Crippen LogP contribution in [-0.4, -0.2) is 29.6 Å². The molecule has 0 aromatic heterocycles. The fraction of sp³-hybridized carbons (Fsp3) is 0.385. The van der Waals surface area contributed by atoms with Gasteiger partial charge in [0, 0.05) is 0 Å². The highest BCUT2D eigenvalue weighted by Crippen LogP contribution is 2.22. The van der Waals surface area contributed by atoms with Gasteiger partial charge in [0.1, 0.15) is 11.8 Å². The molecule has 0 fully saturated rings. The Morgan fingerprint density at radius 1 is 1.42 bits per heavy atom. The molecule has 0 saturated heterocycles. The Hall–Kier alpha value is -1.75. The van der Waals surface area contributed by atoms with E-state index in [0.29, 0.717) is 17.2 Å². The van der Waals surface area contributed by atoms with E-state index >= 15 is 0 Å². The molecule has 0 radical (unpaired) electrons. The molecule has 104 valence electrons. The second-order valence-electron chi connectivity index (χ2n) is 3.90. The number of carbonyl (C=O) groups excluding carboxylic acids is 1. The fourth-order valence-electron chi connectivity index (χ4n) is 1.42. The van der Waals surface area contributed by atoms with E-state index in [2.05, 4.69) is 5.32 Å². The maximum absolute atomic E-state index is 11.5. The predicted octanol–water partition coefficient (Wildman–Crippen LogP) is 2.09. The number of carbonyl (C=O) groups is 2. The third-order valence-corrected chi connectivity index (χ3v) is 2.78. The molecule has 6 heteroatoms. The van der Waals surface area contributed by atoms with Gasteiger partial charge in [-0.2, -0.15) is 0 Å². The van der Waals surface area contributed by atoms with Crippen LogP contribution in [0.1, 0.15) is 19.8 Å². The van der Waals surface area contributed by atoms with Gasteiger partial charge in [-0.05, 0) is 18.6 Å². The summed E-state index contributed by atoms with van der Waals surface area (Å²) in [5.41, 5.74) is 0. The Bertz CT molecular complexity index is 450. The minimum Gasteiger partial charge on any atom is -0.491 e. The molecule has 0 aliphatic carbocycles. The summed E-state index contributed by atoms with van der Waals surface area (Å²) in [6.45, 7) is 1.84. The summed E-state index contributed by atoms with van der Waals surface area (Å²) in [6, 6.07) is 6.09. The van der Waals surface area contributed by atoms with Crippen LogP contribution in [0.15, 0.2) is 24.3 Å². The zero-order valence-electron chi connectivity index (χ0n) is 10.6. The summed E-state index contributed by atoms with van der Waals surface area (Å²) < 4.78 is 5.34. The van der Waals surface area contributed by atoms with Crippen LogP contribution in [0.3, 0.4) is 0 Å². The molecule has 1 atom stereocenters. The molecule has 0 aliphatic heterocycles. The molecule has 0 heterocycles. The average Bonchev–Trinajstić information content (AvgIpc) is 2.38. The van der Waals surface area contributed by atoms with E-state index in [9.17, 15) is 9.59 Å². The summed E-state index contributed by atoms with van der Waals surface area (Å²) in [4.78, 5) is 22.2. The Kier molecular flexibility index (Phi) is 6.15. The van der Waals surface area contributed by atoms with Crippen LogP contribution >= 0.6 is 11.6 Å². The summed E-state index contributed by atoms with van der Waals surface area (Å²) in [6.07, 6.45) is 0.418. The van der Waals surface area contributed by atoms with Crippen molar-refractivity contribution in [2.75, 3.05) is 6.61 Å². The smallest absolute Gasteiger partial charge is 0.326 e. The predicted molar refractivity (Wildman–Crippen MR) is 71.4 cm³/mol. The molecule has 0 bridgehead atoms. The number of hydrogen-bond donors (Lipinski definition) is 2. The Morgan fingerprint density at radius 3 is 2.68 bits per heavy atom. The first kappa shape index (κ1) is 15.3. The monoisotopic (exact) mass is 285 g/mol. The van der Waals surface area contributed by atoms with Crippen molar-refractivity contribution >= 4 is 23.5 Å². The maximum Gasteiger partial charge on any atom is 0.326 e. The van der Waals surface area contributed by atoms with Crippen molar-refractivity contribution in [1.29, 1.82) is 0 Å². The first-order valence-corrected chi connectivity index (χ1v) is 6.32. The van der Waals surface area contributed by atoms with Gasteiger partial charge < -0.3 is 15.2 Å². The van der Waals surface area contributed by atoms with Crippen molar-refractivity contribution in [1.82, 2.24) is 5.32 Å². The van der Waals surface area contributed by atoms with E-state index in [1.165, 1.54) is 0 Å². The van der Waals surface area contributed by atoms with Crippen molar-refractivity contribution in [3.05, 3.63) is 29.3 Å². The molecule has 1 amide bonds. The summed E-state index contributed by atoms with van der Waals surface area (Å²) in [5, 5.41) is 11.7. The minimum absolute atomic E-state index is 0.0784. The van der Waals surface area contributed by atoms with Gasteiger partial charge in [-0.25, -0.2) is 4.79 Å². The zero-order chi connectivity index (χ0) is 14.3. The quantitative estimate of drug-likeness (QED) is 0.804. The fourth-order valence-corrected chi connectivity index (χ4v) is 1.61. The topological polar surface area (TPSA) is 75.6 Å². The van der Waals surface area contributed by atoms with Crippen molar-refractivity contribution in [2.24, 2.45) is 0 Å². The van der Waals surface area contributed by atoms with Gasteiger partial charge in [-0.3, -0.25) is 4.79 Å². The first-order valence-electron chi connectivity index (χ1n) is 5.94. The van der Waals surface area contributed by atoms with E-state index in [1.807, 2.05) is 0 Å². The van der Waals surface area contributed by atoms with Gasteiger partial charge >= 0.3 is 5.97 Å². The van der Waals surface area contributed by atoms with E-state index in [4.69, 9.17) is 21.4 Å². The molecule has 0 spiro atoms. The molecule has 1 rings (SSSR count). The van der Waals surface area contributed by atoms with Crippen LogP contribution < -0.4 is 10.1 Å². The molecule has 1 aromatic carbocycles. The molecule has 0 saturated carbocycles. The number of aliphatic carboxylic acids is 1. The van der Waals surface area contributed by atoms with Gasteiger partial charge in [0.25, 0.3) is 0 Å². The van der Waals surface area contributed by atoms with Crippen LogP contribution in [0.25, 0.3) is 0 Å². The highest BCUT2D eigenvalue weighted by molar-refractivity contribution is 6.32. The van der Waals surface area contributed by atoms with Gasteiger partial charge in [-0.15, -0.1) is 0 Å². The molecule has 5 nitrogen and oxygen atoms in total. The van der Waals surface area contributed by atoms with Crippen molar-refractivity contribution in [2.45, 2.75) is 25.8 Å². The number of ether oxygens (including phenoxy) is 1. The van der Waals surface area contributed by atoms with Gasteiger partial charge in [0.2, 0.25) is 5.91 Å². The van der Waals surface area contributed by atoms with Gasteiger partial charge in [0.05, 0.1) is 18.1 Å². The van der Waals surface area contributed by atoms with E-state index < -0.39 is 12.0 Å². The number of carboxylic acid groups (broad SMARTS) is 1. The maximum atomic E-state index is 11.5. The highest BCUT2D eigenvalue weighted by atomic mass is 35.5. The summed E-state index contributed by atoms with van der Waals surface area (Å²) in [7, 11) is 0. The van der Waals surface area contributed by atoms with Crippen LogP contribution in [0, 0.1) is 0 Å². The lowest BCUT2D eigenvalue weighted by Gasteiger charge is -2.12. The Balaban J connectivity index is 2.35. The van der Waals surface area contributed by atoms with Gasteiger partial charge in [0.15, 0.2) is 0 Å².